The quantitative estimate of drug-likeness (QED) is 0.0344. The Balaban J connectivity index is 4.29. The van der Waals surface area contributed by atoms with E-state index in [2.05, 4.69) is 27.7 Å². The molecule has 0 fully saturated rings. The van der Waals surface area contributed by atoms with E-state index in [1.54, 1.807) is 0 Å². The monoisotopic (exact) mass is 877 g/mol. The normalized spacial score (nSPS) is 12.4. The van der Waals surface area contributed by atoms with Gasteiger partial charge in [-0.1, -0.05) is 278 Å². The van der Waals surface area contributed by atoms with E-state index in [-0.39, 0.29) is 31.1 Å². The van der Waals surface area contributed by atoms with Gasteiger partial charge in [-0.2, -0.15) is 0 Å². The van der Waals surface area contributed by atoms with Crippen LogP contribution < -0.4 is 0 Å². The van der Waals surface area contributed by atoms with Gasteiger partial charge in [-0.05, 0) is 25.2 Å². The van der Waals surface area contributed by atoms with Crippen molar-refractivity contribution >= 4 is 17.9 Å². The van der Waals surface area contributed by atoms with E-state index in [1.165, 1.54) is 212 Å². The van der Waals surface area contributed by atoms with E-state index in [4.69, 9.17) is 14.2 Å². The second kappa shape index (κ2) is 50.4. The summed E-state index contributed by atoms with van der Waals surface area (Å²) in [4.78, 5) is 38.1. The van der Waals surface area contributed by atoms with Gasteiger partial charge in [0.15, 0.2) is 6.10 Å². The fraction of sp³-hybridized carbons (Fsp3) is 0.946. The molecule has 0 aliphatic carbocycles. The zero-order valence-electron chi connectivity index (χ0n) is 42.3. The summed E-state index contributed by atoms with van der Waals surface area (Å²) in [5, 5.41) is 0. The lowest BCUT2D eigenvalue weighted by Gasteiger charge is -2.18. The van der Waals surface area contributed by atoms with Crippen molar-refractivity contribution in [1.29, 1.82) is 0 Å². The van der Waals surface area contributed by atoms with E-state index >= 15 is 0 Å². The molecule has 6 nitrogen and oxygen atoms in total. The average Bonchev–Trinajstić information content (AvgIpc) is 3.27. The minimum atomic E-state index is -0.761. The molecule has 2 atom stereocenters. The highest BCUT2D eigenvalue weighted by Gasteiger charge is 2.19. The predicted octanol–water partition coefficient (Wildman–Crippen LogP) is 18.2. The molecule has 0 aromatic heterocycles. The maximum absolute atomic E-state index is 12.8. The standard InChI is InChI=1S/C56H108O6/c1-5-8-10-12-14-16-18-20-21-22-23-25-27-32-36-40-44-48-55(58)61-51-53(50-60-54(57)47-43-39-35-31-26-24-19-17-15-13-11-9-6-2)62-56(59)49-45-41-37-33-29-28-30-34-38-42-46-52(4)7-3/h52-53H,5-51H2,1-4H3/t52?,53-/m1/s1. The van der Waals surface area contributed by atoms with Gasteiger partial charge in [0.1, 0.15) is 13.2 Å². The number of hydrogen-bond donors (Lipinski definition) is 0. The Kier molecular flexibility index (Phi) is 49.1. The highest BCUT2D eigenvalue weighted by Crippen LogP contribution is 2.18. The van der Waals surface area contributed by atoms with Crippen molar-refractivity contribution in [2.75, 3.05) is 13.2 Å². The third-order valence-electron chi connectivity index (χ3n) is 13.2. The van der Waals surface area contributed by atoms with Gasteiger partial charge in [-0.15, -0.1) is 0 Å². The zero-order chi connectivity index (χ0) is 45.2. The summed E-state index contributed by atoms with van der Waals surface area (Å²) in [5.41, 5.74) is 0. The lowest BCUT2D eigenvalue weighted by Crippen LogP contribution is -2.30. The molecule has 62 heavy (non-hydrogen) atoms. The van der Waals surface area contributed by atoms with Crippen LogP contribution in [0, 0.1) is 5.92 Å². The first-order valence-corrected chi connectivity index (χ1v) is 27.9. The van der Waals surface area contributed by atoms with Crippen LogP contribution in [0.2, 0.25) is 0 Å². The Hall–Kier alpha value is -1.59. The molecule has 0 amide bonds. The fourth-order valence-electron chi connectivity index (χ4n) is 8.54. The molecule has 0 rings (SSSR count). The molecular formula is C56H108O6. The number of carbonyl (C=O) groups is 3. The number of hydrogen-bond acceptors (Lipinski definition) is 6. The first-order chi connectivity index (χ1) is 30.4. The molecule has 0 aliphatic heterocycles. The van der Waals surface area contributed by atoms with Crippen LogP contribution in [0.15, 0.2) is 0 Å². The van der Waals surface area contributed by atoms with Crippen molar-refractivity contribution in [3.05, 3.63) is 0 Å². The molecule has 0 bridgehead atoms. The first-order valence-electron chi connectivity index (χ1n) is 27.9. The Bertz CT molecular complexity index is 935. The van der Waals surface area contributed by atoms with Crippen LogP contribution in [0.5, 0.6) is 0 Å². The SMILES string of the molecule is CCCCCCCCCCCCCCCCCCCC(=O)OC[C@@H](COC(=O)CCCCCCCCCCCCCCC)OC(=O)CCCCCCCCCCCCC(C)CC. The second-order valence-electron chi connectivity index (χ2n) is 19.5. The average molecular weight is 877 g/mol. The molecule has 1 unspecified atom stereocenters. The highest BCUT2D eigenvalue weighted by molar-refractivity contribution is 5.71. The van der Waals surface area contributed by atoms with Crippen molar-refractivity contribution in [1.82, 2.24) is 0 Å². The number of carbonyl (C=O) groups excluding carboxylic acids is 3. The third-order valence-corrected chi connectivity index (χ3v) is 13.2. The van der Waals surface area contributed by atoms with E-state index in [0.29, 0.717) is 19.3 Å². The van der Waals surface area contributed by atoms with E-state index in [0.717, 1.165) is 63.7 Å². The summed E-state index contributed by atoms with van der Waals surface area (Å²) in [6.45, 7) is 9.07. The maximum atomic E-state index is 12.8. The summed E-state index contributed by atoms with van der Waals surface area (Å²) < 4.78 is 16.9. The lowest BCUT2D eigenvalue weighted by atomic mass is 9.99. The number of rotatable bonds is 51. The van der Waals surface area contributed by atoms with Gasteiger partial charge in [-0.3, -0.25) is 14.4 Å². The largest absolute Gasteiger partial charge is 0.462 e. The summed E-state index contributed by atoms with van der Waals surface area (Å²) in [5.74, 6) is 0.0284. The van der Waals surface area contributed by atoms with Crippen LogP contribution in [0.4, 0.5) is 0 Å². The van der Waals surface area contributed by atoms with Gasteiger partial charge in [0.05, 0.1) is 0 Å². The molecule has 0 saturated carbocycles. The van der Waals surface area contributed by atoms with E-state index in [1.807, 2.05) is 0 Å². The van der Waals surface area contributed by atoms with Gasteiger partial charge < -0.3 is 14.2 Å². The summed E-state index contributed by atoms with van der Waals surface area (Å²) in [7, 11) is 0. The maximum Gasteiger partial charge on any atom is 0.306 e. The van der Waals surface area contributed by atoms with Crippen LogP contribution in [-0.2, 0) is 28.6 Å². The van der Waals surface area contributed by atoms with Crippen molar-refractivity contribution < 1.29 is 28.6 Å². The van der Waals surface area contributed by atoms with Crippen molar-refractivity contribution in [2.45, 2.75) is 323 Å². The fourth-order valence-corrected chi connectivity index (χ4v) is 8.54. The van der Waals surface area contributed by atoms with Crippen molar-refractivity contribution in [3.63, 3.8) is 0 Å². The topological polar surface area (TPSA) is 78.9 Å². The van der Waals surface area contributed by atoms with Crippen LogP contribution >= 0.6 is 0 Å². The molecular weight excluding hydrogens is 769 g/mol. The summed E-state index contributed by atoms with van der Waals surface area (Å²) >= 11 is 0. The molecule has 0 spiro atoms. The van der Waals surface area contributed by atoms with Gasteiger partial charge in [0.25, 0.3) is 0 Å². The number of esters is 3. The van der Waals surface area contributed by atoms with Crippen LogP contribution in [-0.4, -0.2) is 37.2 Å². The van der Waals surface area contributed by atoms with E-state index in [9.17, 15) is 14.4 Å². The Morgan fingerprint density at radius 2 is 0.565 bits per heavy atom. The van der Waals surface area contributed by atoms with E-state index < -0.39 is 6.10 Å². The molecule has 0 aromatic rings. The molecule has 0 aromatic carbocycles. The minimum Gasteiger partial charge on any atom is -0.462 e. The van der Waals surface area contributed by atoms with Gasteiger partial charge in [0.2, 0.25) is 0 Å². The second-order valence-corrected chi connectivity index (χ2v) is 19.5. The first kappa shape index (κ1) is 60.4. The summed E-state index contributed by atoms with van der Waals surface area (Å²) in [6.07, 6.45) is 53.7. The van der Waals surface area contributed by atoms with Gasteiger partial charge in [0, 0.05) is 19.3 Å². The van der Waals surface area contributed by atoms with Gasteiger partial charge in [-0.25, -0.2) is 0 Å². The molecule has 368 valence electrons. The zero-order valence-corrected chi connectivity index (χ0v) is 42.3. The third kappa shape index (κ3) is 47.9. The Morgan fingerprint density at radius 1 is 0.323 bits per heavy atom. The molecule has 0 saturated heterocycles. The predicted molar refractivity (Wildman–Crippen MR) is 266 cm³/mol. The van der Waals surface area contributed by atoms with Crippen LogP contribution in [0.3, 0.4) is 0 Å². The van der Waals surface area contributed by atoms with Crippen LogP contribution in [0.1, 0.15) is 317 Å². The lowest BCUT2D eigenvalue weighted by molar-refractivity contribution is -0.167. The Labute approximate surface area is 387 Å². The number of unbranched alkanes of at least 4 members (excludes halogenated alkanes) is 37. The Morgan fingerprint density at radius 3 is 0.839 bits per heavy atom. The van der Waals surface area contributed by atoms with Crippen molar-refractivity contribution in [2.24, 2.45) is 5.92 Å². The van der Waals surface area contributed by atoms with Gasteiger partial charge >= 0.3 is 17.9 Å². The minimum absolute atomic E-state index is 0.0623. The molecule has 0 aliphatic rings. The molecule has 0 heterocycles. The molecule has 6 heteroatoms. The van der Waals surface area contributed by atoms with Crippen molar-refractivity contribution in [3.8, 4) is 0 Å². The smallest absolute Gasteiger partial charge is 0.306 e. The van der Waals surface area contributed by atoms with Crippen LogP contribution in [0.25, 0.3) is 0 Å². The molecule has 0 N–H and O–H groups in total. The molecule has 0 radical (unpaired) electrons. The number of ether oxygens (including phenoxy) is 3. The summed E-state index contributed by atoms with van der Waals surface area (Å²) in [6, 6.07) is 0. The highest BCUT2D eigenvalue weighted by atomic mass is 16.6.